The first-order valence-corrected chi connectivity index (χ1v) is 8.31. The number of carbonyl (C=O) groups excluding carboxylic acids is 1. The molecule has 0 N–H and O–H groups in total. The molecule has 2 aromatic rings. The van der Waals surface area contributed by atoms with Gasteiger partial charge in [0.2, 0.25) is 0 Å². The average molecular weight is 327 g/mol. The number of Topliss-reactive ketones (excluding diaryl/α,β-unsaturated/α-hetero) is 1. The lowest BCUT2D eigenvalue weighted by Crippen LogP contribution is -2.07. The molecule has 0 amide bonds. The Hall–Kier alpha value is -1.72. The molecule has 0 radical (unpaired) electrons. The molecule has 110 valence electrons. The molecule has 0 fully saturated rings. The molecule has 3 nitrogen and oxygen atoms in total. The summed E-state index contributed by atoms with van der Waals surface area (Å²) < 4.78 is 36.6. The van der Waals surface area contributed by atoms with Crippen molar-refractivity contribution in [2.45, 2.75) is 11.3 Å². The molecular weight excluding hydrogens is 315 g/mol. The summed E-state index contributed by atoms with van der Waals surface area (Å²) in [7, 11) is -3.39. The van der Waals surface area contributed by atoms with Crippen molar-refractivity contribution in [2.75, 3.05) is 6.26 Å². The monoisotopic (exact) mass is 326 g/mol. The smallest absolute Gasteiger partial charge is 0.175 e. The van der Waals surface area contributed by atoms with Crippen molar-refractivity contribution in [3.8, 4) is 0 Å². The van der Waals surface area contributed by atoms with E-state index in [1.807, 2.05) is 0 Å². The fraction of sp³-hybridized carbons (Fsp3) is 0.133. The lowest BCUT2D eigenvalue weighted by Gasteiger charge is -2.05. The summed E-state index contributed by atoms with van der Waals surface area (Å²) in [6, 6.07) is 9.66. The Bertz CT molecular complexity index is 800. The molecule has 6 heteroatoms. The van der Waals surface area contributed by atoms with Crippen molar-refractivity contribution >= 4 is 27.2 Å². The molecule has 0 heterocycles. The van der Waals surface area contributed by atoms with Gasteiger partial charge in [0, 0.05) is 23.3 Å². The third-order valence-corrected chi connectivity index (χ3v) is 4.29. The van der Waals surface area contributed by atoms with E-state index in [0.29, 0.717) is 5.02 Å². The van der Waals surface area contributed by atoms with Crippen LogP contribution in [0.2, 0.25) is 5.02 Å². The zero-order chi connectivity index (χ0) is 15.6. The maximum absolute atomic E-state index is 13.6. The second kappa shape index (κ2) is 5.95. The van der Waals surface area contributed by atoms with Gasteiger partial charge in [-0.3, -0.25) is 4.79 Å². The largest absolute Gasteiger partial charge is 0.294 e. The van der Waals surface area contributed by atoms with E-state index in [0.717, 1.165) is 6.26 Å². The Balaban J connectivity index is 2.31. The zero-order valence-electron chi connectivity index (χ0n) is 11.1. The van der Waals surface area contributed by atoms with Gasteiger partial charge in [-0.25, -0.2) is 12.8 Å². The quantitative estimate of drug-likeness (QED) is 0.810. The van der Waals surface area contributed by atoms with E-state index < -0.39 is 15.7 Å². The molecule has 0 aliphatic rings. The summed E-state index contributed by atoms with van der Waals surface area (Å²) in [4.78, 5) is 12.2. The SMILES string of the molecule is CS(=O)(=O)c1cccc(C(=O)Cc2cc(Cl)ccc2F)c1. The summed E-state index contributed by atoms with van der Waals surface area (Å²) in [6.45, 7) is 0. The fourth-order valence-electron chi connectivity index (χ4n) is 1.85. The fourth-order valence-corrected chi connectivity index (χ4v) is 2.72. The van der Waals surface area contributed by atoms with Crippen LogP contribution in [0.25, 0.3) is 0 Å². The summed E-state index contributed by atoms with van der Waals surface area (Å²) in [5.74, 6) is -0.895. The molecule has 21 heavy (non-hydrogen) atoms. The highest BCUT2D eigenvalue weighted by atomic mass is 35.5. The van der Waals surface area contributed by atoms with Crippen LogP contribution >= 0.6 is 11.6 Å². The van der Waals surface area contributed by atoms with Crippen molar-refractivity contribution in [1.82, 2.24) is 0 Å². The van der Waals surface area contributed by atoms with Gasteiger partial charge in [0.15, 0.2) is 15.6 Å². The van der Waals surface area contributed by atoms with Gasteiger partial charge in [0.25, 0.3) is 0 Å². The summed E-state index contributed by atoms with van der Waals surface area (Å²) >= 11 is 5.77. The Kier molecular flexibility index (Phi) is 4.44. The molecular formula is C15H12ClFO3S. The molecule has 0 bridgehead atoms. The molecule has 0 aromatic heterocycles. The number of hydrogen-bond donors (Lipinski definition) is 0. The van der Waals surface area contributed by atoms with Crippen molar-refractivity contribution < 1.29 is 17.6 Å². The van der Waals surface area contributed by atoms with Gasteiger partial charge in [0.05, 0.1) is 4.90 Å². The van der Waals surface area contributed by atoms with Crippen LogP contribution < -0.4 is 0 Å². The standard InChI is InChI=1S/C15H12ClFO3S/c1-21(19,20)13-4-2-3-10(8-13)15(18)9-11-7-12(16)5-6-14(11)17/h2-8H,9H2,1H3. The van der Waals surface area contributed by atoms with Gasteiger partial charge in [-0.05, 0) is 35.9 Å². The second-order valence-corrected chi connectivity index (χ2v) is 7.09. The van der Waals surface area contributed by atoms with Gasteiger partial charge in [-0.15, -0.1) is 0 Å². The summed E-state index contributed by atoms with van der Waals surface area (Å²) in [5.41, 5.74) is 0.398. The van der Waals surface area contributed by atoms with Crippen LogP contribution in [0.4, 0.5) is 4.39 Å². The normalized spacial score (nSPS) is 11.4. The van der Waals surface area contributed by atoms with Gasteiger partial charge >= 0.3 is 0 Å². The molecule has 0 atom stereocenters. The van der Waals surface area contributed by atoms with Gasteiger partial charge in [0.1, 0.15) is 5.82 Å². The Morgan fingerprint density at radius 3 is 2.57 bits per heavy atom. The highest BCUT2D eigenvalue weighted by Crippen LogP contribution is 2.18. The number of benzene rings is 2. The second-order valence-electron chi connectivity index (χ2n) is 4.64. The maximum Gasteiger partial charge on any atom is 0.175 e. The average Bonchev–Trinajstić information content (AvgIpc) is 2.42. The zero-order valence-corrected chi connectivity index (χ0v) is 12.7. The first-order chi connectivity index (χ1) is 9.77. The highest BCUT2D eigenvalue weighted by molar-refractivity contribution is 7.90. The van der Waals surface area contributed by atoms with E-state index in [9.17, 15) is 17.6 Å². The Labute approximate surface area is 127 Å². The van der Waals surface area contributed by atoms with E-state index in [-0.39, 0.29) is 28.2 Å². The summed E-state index contributed by atoms with van der Waals surface area (Å²) in [5, 5.41) is 0.337. The van der Waals surface area contributed by atoms with E-state index in [4.69, 9.17) is 11.6 Å². The topological polar surface area (TPSA) is 51.2 Å². The van der Waals surface area contributed by atoms with Crippen molar-refractivity contribution in [3.63, 3.8) is 0 Å². The minimum Gasteiger partial charge on any atom is -0.294 e. The van der Waals surface area contributed by atoms with Crippen molar-refractivity contribution in [3.05, 3.63) is 64.4 Å². The van der Waals surface area contributed by atoms with E-state index in [1.165, 1.54) is 42.5 Å². The number of rotatable bonds is 4. The lowest BCUT2D eigenvalue weighted by atomic mass is 10.0. The molecule has 0 spiro atoms. The molecule has 0 unspecified atom stereocenters. The number of ketones is 1. The van der Waals surface area contributed by atoms with Crippen LogP contribution in [-0.2, 0) is 16.3 Å². The Morgan fingerprint density at radius 2 is 1.90 bits per heavy atom. The number of carbonyl (C=O) groups is 1. The molecule has 2 rings (SSSR count). The minimum absolute atomic E-state index is 0.0555. The van der Waals surface area contributed by atoms with Gasteiger partial charge in [-0.2, -0.15) is 0 Å². The molecule has 2 aromatic carbocycles. The van der Waals surface area contributed by atoms with Crippen LogP contribution in [0.3, 0.4) is 0 Å². The summed E-state index contributed by atoms with van der Waals surface area (Å²) in [6.07, 6.45) is 0.882. The molecule has 0 saturated heterocycles. The van der Waals surface area contributed by atoms with Crippen LogP contribution in [0.1, 0.15) is 15.9 Å². The van der Waals surface area contributed by atoms with Crippen LogP contribution in [0.5, 0.6) is 0 Å². The van der Waals surface area contributed by atoms with Crippen molar-refractivity contribution in [1.29, 1.82) is 0 Å². The third-order valence-electron chi connectivity index (χ3n) is 2.94. The van der Waals surface area contributed by atoms with Crippen LogP contribution in [-0.4, -0.2) is 20.5 Å². The first kappa shape index (κ1) is 15.7. The number of hydrogen-bond acceptors (Lipinski definition) is 3. The van der Waals surface area contributed by atoms with Gasteiger partial charge in [-0.1, -0.05) is 23.7 Å². The molecule has 0 aliphatic carbocycles. The van der Waals surface area contributed by atoms with Crippen molar-refractivity contribution in [2.24, 2.45) is 0 Å². The van der Waals surface area contributed by atoms with Crippen LogP contribution in [0, 0.1) is 5.82 Å². The maximum atomic E-state index is 13.6. The molecule has 0 aliphatic heterocycles. The predicted octanol–water partition coefficient (Wildman–Crippen LogP) is 3.31. The predicted molar refractivity (Wildman–Crippen MR) is 79.0 cm³/mol. The van der Waals surface area contributed by atoms with Gasteiger partial charge < -0.3 is 0 Å². The first-order valence-electron chi connectivity index (χ1n) is 6.04. The Morgan fingerprint density at radius 1 is 1.19 bits per heavy atom. The third kappa shape index (κ3) is 3.89. The van der Waals surface area contributed by atoms with E-state index in [2.05, 4.69) is 0 Å². The van der Waals surface area contributed by atoms with E-state index >= 15 is 0 Å². The minimum atomic E-state index is -3.39. The number of halogens is 2. The highest BCUT2D eigenvalue weighted by Gasteiger charge is 2.14. The lowest BCUT2D eigenvalue weighted by molar-refractivity contribution is 0.0991. The van der Waals surface area contributed by atoms with Crippen LogP contribution in [0.15, 0.2) is 47.4 Å². The molecule has 0 saturated carbocycles. The number of sulfone groups is 1. The van der Waals surface area contributed by atoms with E-state index in [1.54, 1.807) is 0 Å².